The van der Waals surface area contributed by atoms with Crippen molar-refractivity contribution in [3.05, 3.63) is 47.5 Å². The van der Waals surface area contributed by atoms with Crippen molar-refractivity contribution < 1.29 is 4.74 Å². The lowest BCUT2D eigenvalue weighted by Gasteiger charge is -2.33. The fourth-order valence-electron chi connectivity index (χ4n) is 3.87. The first-order valence-corrected chi connectivity index (χ1v) is 9.21. The first kappa shape index (κ1) is 16.3. The molecular formula is C22H28N2O. The average molecular weight is 336 g/mol. The van der Waals surface area contributed by atoms with Crippen molar-refractivity contribution in [3.8, 4) is 11.5 Å². The Morgan fingerprint density at radius 2 is 1.16 bits per heavy atom. The van der Waals surface area contributed by atoms with E-state index in [1.807, 2.05) is 0 Å². The van der Waals surface area contributed by atoms with Crippen LogP contribution in [-0.4, -0.2) is 13.1 Å². The standard InChI is InChI=1S/C22H28N2O/c1-21(2)11-15-9-17(5-7-19(15)23-13-21)25-18-6-8-20-16(10-18)12-22(3,4)14-24-20/h5-10,23-24H,11-14H2,1-4H3. The molecule has 0 saturated heterocycles. The monoisotopic (exact) mass is 336 g/mol. The molecule has 3 nitrogen and oxygen atoms in total. The summed E-state index contributed by atoms with van der Waals surface area (Å²) < 4.78 is 6.19. The average Bonchev–Trinajstić information content (AvgIpc) is 2.52. The lowest BCUT2D eigenvalue weighted by Crippen LogP contribution is -2.30. The zero-order valence-electron chi connectivity index (χ0n) is 15.7. The summed E-state index contributed by atoms with van der Waals surface area (Å²) in [7, 11) is 0. The number of anilines is 2. The summed E-state index contributed by atoms with van der Waals surface area (Å²) in [6.45, 7) is 11.2. The number of nitrogens with one attached hydrogen (secondary N) is 2. The molecule has 0 aliphatic carbocycles. The van der Waals surface area contributed by atoms with Crippen molar-refractivity contribution in [1.82, 2.24) is 0 Å². The predicted molar refractivity (Wildman–Crippen MR) is 105 cm³/mol. The normalized spacial score (nSPS) is 19.8. The second-order valence-electron chi connectivity index (χ2n) is 9.13. The number of fused-ring (bicyclic) bond motifs is 2. The predicted octanol–water partition coefficient (Wildman–Crippen LogP) is 5.47. The van der Waals surface area contributed by atoms with Gasteiger partial charge in [-0.2, -0.15) is 0 Å². The Morgan fingerprint density at radius 3 is 1.60 bits per heavy atom. The van der Waals surface area contributed by atoms with Gasteiger partial charge in [-0.15, -0.1) is 0 Å². The molecule has 0 amide bonds. The SMILES string of the molecule is CC1(C)CNc2ccc(Oc3ccc4c(c3)CC(C)(C)CN4)cc2C1. The second kappa shape index (κ2) is 5.69. The maximum Gasteiger partial charge on any atom is 0.127 e. The number of rotatable bonds is 2. The molecule has 0 unspecified atom stereocenters. The van der Waals surface area contributed by atoms with Crippen LogP contribution < -0.4 is 15.4 Å². The molecule has 0 fully saturated rings. The minimum atomic E-state index is 0.286. The Morgan fingerprint density at radius 1 is 0.720 bits per heavy atom. The summed E-state index contributed by atoms with van der Waals surface area (Å²) in [6, 6.07) is 12.8. The minimum absolute atomic E-state index is 0.286. The molecule has 4 rings (SSSR count). The van der Waals surface area contributed by atoms with Crippen LogP contribution in [0.3, 0.4) is 0 Å². The van der Waals surface area contributed by atoms with E-state index in [2.05, 4.69) is 74.7 Å². The van der Waals surface area contributed by atoms with Crippen LogP contribution >= 0.6 is 0 Å². The summed E-state index contributed by atoms with van der Waals surface area (Å²) in [5, 5.41) is 7.06. The molecule has 2 N–H and O–H groups in total. The largest absolute Gasteiger partial charge is 0.457 e. The molecule has 0 saturated carbocycles. The van der Waals surface area contributed by atoms with E-state index in [1.54, 1.807) is 0 Å². The van der Waals surface area contributed by atoms with Gasteiger partial charge in [-0.1, -0.05) is 27.7 Å². The Hall–Kier alpha value is -2.16. The van der Waals surface area contributed by atoms with E-state index in [0.717, 1.165) is 37.4 Å². The smallest absolute Gasteiger partial charge is 0.127 e. The van der Waals surface area contributed by atoms with Crippen molar-refractivity contribution in [2.45, 2.75) is 40.5 Å². The van der Waals surface area contributed by atoms with Crippen molar-refractivity contribution in [1.29, 1.82) is 0 Å². The molecule has 2 aliphatic heterocycles. The molecule has 2 heterocycles. The van der Waals surface area contributed by atoms with E-state index in [4.69, 9.17) is 4.74 Å². The van der Waals surface area contributed by atoms with Crippen LogP contribution in [0.4, 0.5) is 11.4 Å². The number of hydrogen-bond donors (Lipinski definition) is 2. The number of ether oxygens (including phenoxy) is 1. The molecule has 2 aromatic rings. The third-order valence-electron chi connectivity index (χ3n) is 5.24. The highest BCUT2D eigenvalue weighted by Crippen LogP contribution is 2.37. The maximum absolute atomic E-state index is 6.19. The minimum Gasteiger partial charge on any atom is -0.457 e. The van der Waals surface area contributed by atoms with Gasteiger partial charge < -0.3 is 15.4 Å². The quantitative estimate of drug-likeness (QED) is 0.763. The van der Waals surface area contributed by atoms with Crippen molar-refractivity contribution in [2.24, 2.45) is 10.8 Å². The van der Waals surface area contributed by atoms with Crippen LogP contribution in [-0.2, 0) is 12.8 Å². The Bertz CT molecular complexity index is 740. The van der Waals surface area contributed by atoms with Crippen LogP contribution in [0.25, 0.3) is 0 Å². The molecule has 0 bridgehead atoms. The zero-order chi connectivity index (χ0) is 17.7. The third-order valence-corrected chi connectivity index (χ3v) is 5.24. The highest BCUT2D eigenvalue weighted by atomic mass is 16.5. The summed E-state index contributed by atoms with van der Waals surface area (Å²) >= 11 is 0. The molecule has 0 radical (unpaired) electrons. The van der Waals surface area contributed by atoms with Crippen LogP contribution in [0.1, 0.15) is 38.8 Å². The van der Waals surface area contributed by atoms with E-state index in [0.29, 0.717) is 0 Å². The third kappa shape index (κ3) is 3.46. The number of benzene rings is 2. The van der Waals surface area contributed by atoms with Crippen molar-refractivity contribution in [2.75, 3.05) is 23.7 Å². The van der Waals surface area contributed by atoms with Gasteiger partial charge in [0.1, 0.15) is 11.5 Å². The molecule has 2 aromatic carbocycles. The van der Waals surface area contributed by atoms with Crippen molar-refractivity contribution >= 4 is 11.4 Å². The van der Waals surface area contributed by atoms with Crippen LogP contribution in [0.15, 0.2) is 36.4 Å². The summed E-state index contributed by atoms with van der Waals surface area (Å²) in [5.74, 6) is 1.84. The van der Waals surface area contributed by atoms with E-state index in [1.165, 1.54) is 22.5 Å². The first-order valence-electron chi connectivity index (χ1n) is 9.21. The van der Waals surface area contributed by atoms with Crippen molar-refractivity contribution in [3.63, 3.8) is 0 Å². The Kier molecular flexibility index (Phi) is 3.71. The molecule has 3 heteroatoms. The summed E-state index contributed by atoms with van der Waals surface area (Å²) in [6.07, 6.45) is 2.16. The summed E-state index contributed by atoms with van der Waals surface area (Å²) in [5.41, 5.74) is 5.73. The highest BCUT2D eigenvalue weighted by molar-refractivity contribution is 5.59. The molecule has 0 spiro atoms. The maximum atomic E-state index is 6.19. The van der Waals surface area contributed by atoms with Crippen LogP contribution in [0.5, 0.6) is 11.5 Å². The molecule has 132 valence electrons. The zero-order valence-corrected chi connectivity index (χ0v) is 15.7. The lowest BCUT2D eigenvalue weighted by molar-refractivity contribution is 0.377. The number of hydrogen-bond acceptors (Lipinski definition) is 3. The van der Waals surface area contributed by atoms with E-state index >= 15 is 0 Å². The lowest BCUT2D eigenvalue weighted by atomic mass is 9.82. The first-order chi connectivity index (χ1) is 11.8. The molecule has 2 aliphatic rings. The van der Waals surface area contributed by atoms with E-state index in [-0.39, 0.29) is 10.8 Å². The topological polar surface area (TPSA) is 33.3 Å². The van der Waals surface area contributed by atoms with Gasteiger partial charge in [-0.3, -0.25) is 0 Å². The fraction of sp³-hybridized carbons (Fsp3) is 0.455. The fourth-order valence-corrected chi connectivity index (χ4v) is 3.87. The van der Waals surface area contributed by atoms with E-state index < -0.39 is 0 Å². The van der Waals surface area contributed by atoms with Gasteiger partial charge in [0.2, 0.25) is 0 Å². The van der Waals surface area contributed by atoms with Gasteiger partial charge in [0, 0.05) is 24.5 Å². The molecule has 0 aromatic heterocycles. The Balaban J connectivity index is 1.57. The molecule has 0 atom stereocenters. The van der Waals surface area contributed by atoms with Gasteiger partial charge in [0.05, 0.1) is 0 Å². The highest BCUT2D eigenvalue weighted by Gasteiger charge is 2.26. The molecule has 25 heavy (non-hydrogen) atoms. The van der Waals surface area contributed by atoms with Gasteiger partial charge in [0.25, 0.3) is 0 Å². The van der Waals surface area contributed by atoms with E-state index in [9.17, 15) is 0 Å². The van der Waals surface area contributed by atoms with Gasteiger partial charge in [0.15, 0.2) is 0 Å². The van der Waals surface area contributed by atoms with Gasteiger partial charge in [-0.05, 0) is 71.2 Å². The van der Waals surface area contributed by atoms with Gasteiger partial charge in [-0.25, -0.2) is 0 Å². The molecular weight excluding hydrogens is 308 g/mol. The van der Waals surface area contributed by atoms with Crippen LogP contribution in [0, 0.1) is 10.8 Å². The van der Waals surface area contributed by atoms with Crippen LogP contribution in [0.2, 0.25) is 0 Å². The Labute approximate surface area is 150 Å². The second-order valence-corrected chi connectivity index (χ2v) is 9.13. The van der Waals surface area contributed by atoms with Gasteiger partial charge >= 0.3 is 0 Å². The summed E-state index contributed by atoms with van der Waals surface area (Å²) in [4.78, 5) is 0.